The molecule has 0 aromatic carbocycles. The number of hydrogen-bond acceptors (Lipinski definition) is 2. The van der Waals surface area contributed by atoms with Crippen molar-refractivity contribution in [2.75, 3.05) is 20.5 Å². The Morgan fingerprint density at radius 1 is 0.828 bits per heavy atom. The van der Waals surface area contributed by atoms with Gasteiger partial charge in [-0.3, -0.25) is 0 Å². The molecule has 172 valence electrons. The molecule has 0 aliphatic heterocycles. The van der Waals surface area contributed by atoms with E-state index in [2.05, 4.69) is 40.3 Å². The topological polar surface area (TPSA) is 18.5 Å². The number of ether oxygens (including phenoxy) is 2. The van der Waals surface area contributed by atoms with E-state index in [0.29, 0.717) is 12.2 Å². The summed E-state index contributed by atoms with van der Waals surface area (Å²) < 4.78 is 17.0. The Morgan fingerprint density at radius 2 is 1.38 bits per heavy atom. The zero-order valence-corrected chi connectivity index (χ0v) is 23.4. The predicted octanol–water partition coefficient (Wildman–Crippen LogP) is 8.60. The van der Waals surface area contributed by atoms with E-state index >= 15 is 0 Å². The summed E-state index contributed by atoms with van der Waals surface area (Å²) in [5, 5.41) is 0. The summed E-state index contributed by atoms with van der Waals surface area (Å²) in [4.78, 5) is 0. The average Bonchev–Trinajstić information content (AvgIpc) is 3.39. The van der Waals surface area contributed by atoms with Crippen molar-refractivity contribution < 1.29 is 9.47 Å². The van der Waals surface area contributed by atoms with Crippen LogP contribution in [0.4, 0.5) is 0 Å². The molecule has 0 N–H and O–H groups in total. The van der Waals surface area contributed by atoms with E-state index < -0.39 is 18.4 Å². The Balaban J connectivity index is 3.12. The minimum atomic E-state index is -2.31. The number of rotatable bonds is 20. The fourth-order valence-corrected chi connectivity index (χ4v) is 27.8. The van der Waals surface area contributed by atoms with Crippen LogP contribution in [0.5, 0.6) is 0 Å². The molecule has 0 saturated heterocycles. The molecule has 0 aromatic heterocycles. The standard InChI is InChI=1S/C14H25O2.3C4H9.Sn/c1-4-6-7-8-9-14(5-2)10-13(14)11-16-12-15-3;3*1-3-4-2;/h5,10,13H,2,4,6-9,11-12H2,1,3H3;3*1,3-4H2,2H3;/t13-,14+;;;;/m0..../s1. The molecule has 3 heteroatoms. The van der Waals surface area contributed by atoms with Crippen LogP contribution >= 0.6 is 0 Å². The third-order valence-corrected chi connectivity index (χ3v) is 25.7. The van der Waals surface area contributed by atoms with E-state index in [1.165, 1.54) is 70.6 Å². The van der Waals surface area contributed by atoms with E-state index in [0.717, 1.165) is 16.5 Å². The van der Waals surface area contributed by atoms with Crippen LogP contribution in [0.15, 0.2) is 12.7 Å². The second-order valence-corrected chi connectivity index (χ2v) is 23.5. The molecular weight excluding hydrogens is 463 g/mol. The molecule has 1 unspecified atom stereocenters. The minimum absolute atomic E-state index is 0.382. The van der Waals surface area contributed by atoms with E-state index in [4.69, 9.17) is 9.47 Å². The Morgan fingerprint density at radius 3 is 1.83 bits per heavy atom. The third kappa shape index (κ3) is 7.82. The maximum absolute atomic E-state index is 5.99. The molecule has 0 amide bonds. The molecule has 0 radical (unpaired) electrons. The van der Waals surface area contributed by atoms with Crippen LogP contribution in [0.2, 0.25) is 17.2 Å². The molecular formula is C26H52O2Sn. The van der Waals surface area contributed by atoms with Gasteiger partial charge in [-0.2, -0.15) is 0 Å². The number of hydrogen-bond donors (Lipinski definition) is 0. The Hall–Kier alpha value is 0.459. The van der Waals surface area contributed by atoms with Gasteiger partial charge in [0.05, 0.1) is 0 Å². The molecule has 3 atom stereocenters. The van der Waals surface area contributed by atoms with Gasteiger partial charge in [0.25, 0.3) is 0 Å². The van der Waals surface area contributed by atoms with Crippen LogP contribution < -0.4 is 0 Å². The van der Waals surface area contributed by atoms with Crippen molar-refractivity contribution >= 4 is 18.4 Å². The van der Waals surface area contributed by atoms with Gasteiger partial charge in [0.15, 0.2) is 0 Å². The van der Waals surface area contributed by atoms with Crippen molar-refractivity contribution in [1.29, 1.82) is 0 Å². The molecule has 1 fully saturated rings. The van der Waals surface area contributed by atoms with Crippen LogP contribution in [-0.2, 0) is 9.47 Å². The van der Waals surface area contributed by atoms with Crippen molar-refractivity contribution in [2.45, 2.75) is 116 Å². The van der Waals surface area contributed by atoms with Crippen LogP contribution in [0, 0.1) is 11.3 Å². The first-order valence-corrected chi connectivity index (χ1v) is 20.5. The zero-order chi connectivity index (χ0) is 21.6. The van der Waals surface area contributed by atoms with Crippen LogP contribution in [0.25, 0.3) is 0 Å². The molecule has 1 rings (SSSR count). The summed E-state index contributed by atoms with van der Waals surface area (Å²) in [6.07, 6.45) is 17.6. The van der Waals surface area contributed by atoms with Crippen molar-refractivity contribution in [1.82, 2.24) is 0 Å². The molecule has 1 aliphatic carbocycles. The van der Waals surface area contributed by atoms with E-state index in [1.807, 2.05) is 0 Å². The normalized spacial score (nSPS) is 24.0. The first kappa shape index (κ1) is 27.5. The summed E-state index contributed by atoms with van der Waals surface area (Å²) in [5.41, 5.74) is 0.382. The first-order chi connectivity index (χ1) is 14.1. The Kier molecular flexibility index (Phi) is 14.5. The monoisotopic (exact) mass is 516 g/mol. The molecule has 1 aliphatic rings. The molecule has 0 aromatic rings. The van der Waals surface area contributed by atoms with E-state index in [9.17, 15) is 0 Å². The van der Waals surface area contributed by atoms with Crippen LogP contribution in [0.3, 0.4) is 0 Å². The van der Waals surface area contributed by atoms with Gasteiger partial charge in [0, 0.05) is 0 Å². The molecule has 2 nitrogen and oxygen atoms in total. The summed E-state index contributed by atoms with van der Waals surface area (Å²) in [7, 11) is 1.74. The van der Waals surface area contributed by atoms with Gasteiger partial charge in [0.1, 0.15) is 0 Å². The van der Waals surface area contributed by atoms with Gasteiger partial charge in [-0.25, -0.2) is 0 Å². The molecule has 0 heterocycles. The number of unbranched alkanes of at least 4 members (excludes halogenated alkanes) is 6. The Bertz CT molecular complexity index is 403. The molecule has 0 bridgehead atoms. The average molecular weight is 515 g/mol. The zero-order valence-electron chi connectivity index (χ0n) is 20.6. The predicted molar refractivity (Wildman–Crippen MR) is 131 cm³/mol. The van der Waals surface area contributed by atoms with Crippen molar-refractivity contribution in [2.24, 2.45) is 11.3 Å². The third-order valence-electron chi connectivity index (χ3n) is 7.65. The maximum atomic E-state index is 5.99. The quantitative estimate of drug-likeness (QED) is 0.0700. The summed E-state index contributed by atoms with van der Waals surface area (Å²) in [6.45, 7) is 15.2. The first-order valence-electron chi connectivity index (χ1n) is 12.8. The van der Waals surface area contributed by atoms with E-state index in [-0.39, 0.29) is 0 Å². The molecule has 29 heavy (non-hydrogen) atoms. The fourth-order valence-electron chi connectivity index (χ4n) is 6.05. The SMILES string of the molecule is C=C[C@@]1(CCCCCC)[CH]([Sn]([CH2]CCC)([CH2]CCC)[CH2]CCC)[C@H]1COCOC. The van der Waals surface area contributed by atoms with Gasteiger partial charge in [-0.15, -0.1) is 0 Å². The summed E-state index contributed by atoms with van der Waals surface area (Å²) in [6, 6.07) is 0. The van der Waals surface area contributed by atoms with Gasteiger partial charge >= 0.3 is 188 Å². The fraction of sp³-hybridized carbons (Fsp3) is 0.923. The number of methoxy groups -OCH3 is 1. The van der Waals surface area contributed by atoms with Crippen LogP contribution in [-0.4, -0.2) is 38.9 Å². The summed E-state index contributed by atoms with van der Waals surface area (Å²) >= 11 is -2.31. The van der Waals surface area contributed by atoms with Gasteiger partial charge in [-0.05, 0) is 0 Å². The second kappa shape index (κ2) is 15.3. The van der Waals surface area contributed by atoms with Crippen molar-refractivity contribution in [3.63, 3.8) is 0 Å². The summed E-state index contributed by atoms with van der Waals surface area (Å²) in [5.74, 6) is 0.721. The Labute approximate surface area is 187 Å². The number of allylic oxidation sites excluding steroid dienone is 1. The second-order valence-electron chi connectivity index (χ2n) is 9.66. The van der Waals surface area contributed by atoms with Crippen LogP contribution in [0.1, 0.15) is 98.3 Å². The van der Waals surface area contributed by atoms with Crippen molar-refractivity contribution in [3.8, 4) is 0 Å². The molecule has 1 saturated carbocycles. The van der Waals surface area contributed by atoms with E-state index in [1.54, 1.807) is 20.4 Å². The molecule has 0 spiro atoms. The van der Waals surface area contributed by atoms with Gasteiger partial charge < -0.3 is 0 Å². The van der Waals surface area contributed by atoms with Gasteiger partial charge in [0.2, 0.25) is 0 Å². The van der Waals surface area contributed by atoms with Gasteiger partial charge in [-0.1, -0.05) is 0 Å². The van der Waals surface area contributed by atoms with Crippen molar-refractivity contribution in [3.05, 3.63) is 12.7 Å².